The molecule has 1 aromatic heterocycles. The summed E-state index contributed by atoms with van der Waals surface area (Å²) in [5, 5.41) is 2.67. The lowest BCUT2D eigenvalue weighted by atomic mass is 10.2. The fourth-order valence-electron chi connectivity index (χ4n) is 3.24. The zero-order valence-electron chi connectivity index (χ0n) is 16.6. The largest absolute Gasteiger partial charge is 0.472 e. The maximum absolute atomic E-state index is 13.0. The van der Waals surface area contributed by atoms with Crippen LogP contribution in [0, 0.1) is 13.8 Å². The smallest absolute Gasteiger partial charge is 0.254 e. The van der Waals surface area contributed by atoms with E-state index in [1.165, 1.54) is 16.8 Å². The van der Waals surface area contributed by atoms with Crippen molar-refractivity contribution < 1.29 is 22.4 Å². The number of furan rings is 1. The molecule has 9 heteroatoms. The number of carbonyl (C=O) groups excluding carboxylic acids is 2. The molecule has 0 radical (unpaired) electrons. The fourth-order valence-corrected chi connectivity index (χ4v) is 4.97. The van der Waals surface area contributed by atoms with Crippen molar-refractivity contribution in [3.05, 3.63) is 53.5 Å². The molecule has 0 aliphatic carbocycles. The van der Waals surface area contributed by atoms with Crippen molar-refractivity contribution in [2.45, 2.75) is 25.2 Å². The fraction of sp³-hybridized carbons (Fsp3) is 0.400. The van der Waals surface area contributed by atoms with Crippen molar-refractivity contribution in [3.8, 4) is 0 Å². The predicted octanol–water partition coefficient (Wildman–Crippen LogP) is 1.55. The van der Waals surface area contributed by atoms with Crippen LogP contribution in [0.1, 0.15) is 27.9 Å². The molecule has 1 aromatic carbocycles. The van der Waals surface area contributed by atoms with E-state index in [1.807, 2.05) is 13.0 Å². The Morgan fingerprint density at radius 3 is 2.48 bits per heavy atom. The first kappa shape index (κ1) is 21.1. The normalized spacial score (nSPS) is 15.3. The average Bonchev–Trinajstić information content (AvgIpc) is 3.24. The van der Waals surface area contributed by atoms with Gasteiger partial charge in [-0.1, -0.05) is 12.1 Å². The molecule has 3 rings (SSSR count). The van der Waals surface area contributed by atoms with Crippen molar-refractivity contribution in [3.63, 3.8) is 0 Å². The van der Waals surface area contributed by atoms with Crippen LogP contribution in [-0.4, -0.2) is 62.2 Å². The summed E-state index contributed by atoms with van der Waals surface area (Å²) in [6.45, 7) is 5.02. The number of aryl methyl sites for hydroxylation is 2. The Morgan fingerprint density at radius 2 is 1.83 bits per heavy atom. The van der Waals surface area contributed by atoms with Gasteiger partial charge in [0.1, 0.15) is 6.26 Å². The molecule has 1 fully saturated rings. The highest BCUT2D eigenvalue weighted by Crippen LogP contribution is 2.22. The third-order valence-electron chi connectivity index (χ3n) is 4.96. The average molecular weight is 420 g/mol. The Balaban J connectivity index is 1.51. The molecule has 29 heavy (non-hydrogen) atoms. The minimum absolute atomic E-state index is 0.110. The lowest BCUT2D eigenvalue weighted by Gasteiger charge is -2.34. The standard InChI is InChI=1S/C20H25N3O5S/c1-15-3-4-16(2)18(13-15)29(26,27)23-10-8-22(9-11-23)19(24)5-7-21-20(25)17-6-12-28-14-17/h3-4,6,12-14H,5,7-11H2,1-2H3,(H,21,25). The topological polar surface area (TPSA) is 99.9 Å². The van der Waals surface area contributed by atoms with Gasteiger partial charge in [-0.15, -0.1) is 0 Å². The number of rotatable bonds is 6. The van der Waals surface area contributed by atoms with Gasteiger partial charge in [0.15, 0.2) is 0 Å². The number of carbonyl (C=O) groups is 2. The molecule has 0 bridgehead atoms. The van der Waals surface area contributed by atoms with E-state index in [0.29, 0.717) is 29.1 Å². The SMILES string of the molecule is Cc1ccc(C)c(S(=O)(=O)N2CCN(C(=O)CCNC(=O)c3ccoc3)CC2)c1. The van der Waals surface area contributed by atoms with Gasteiger partial charge < -0.3 is 14.6 Å². The maximum atomic E-state index is 13.0. The van der Waals surface area contributed by atoms with Crippen LogP contribution in [-0.2, 0) is 14.8 Å². The van der Waals surface area contributed by atoms with Crippen LogP contribution in [0.3, 0.4) is 0 Å². The van der Waals surface area contributed by atoms with Crippen LogP contribution in [0.15, 0.2) is 46.1 Å². The first-order chi connectivity index (χ1) is 13.8. The predicted molar refractivity (Wildman–Crippen MR) is 107 cm³/mol. The first-order valence-electron chi connectivity index (χ1n) is 9.44. The van der Waals surface area contributed by atoms with Gasteiger partial charge in [0.05, 0.1) is 16.7 Å². The number of nitrogens with zero attached hydrogens (tertiary/aromatic N) is 2. The van der Waals surface area contributed by atoms with Crippen LogP contribution in [0.2, 0.25) is 0 Å². The number of nitrogens with one attached hydrogen (secondary N) is 1. The van der Waals surface area contributed by atoms with E-state index in [-0.39, 0.29) is 37.9 Å². The van der Waals surface area contributed by atoms with Gasteiger partial charge >= 0.3 is 0 Å². The van der Waals surface area contributed by atoms with Crippen molar-refractivity contribution in [2.75, 3.05) is 32.7 Å². The lowest BCUT2D eigenvalue weighted by molar-refractivity contribution is -0.132. The van der Waals surface area contributed by atoms with Crippen LogP contribution in [0.25, 0.3) is 0 Å². The van der Waals surface area contributed by atoms with Crippen LogP contribution in [0.5, 0.6) is 0 Å². The van der Waals surface area contributed by atoms with Gasteiger partial charge in [-0.3, -0.25) is 9.59 Å². The molecule has 0 atom stereocenters. The quantitative estimate of drug-likeness (QED) is 0.766. The van der Waals surface area contributed by atoms with Gasteiger partial charge in [-0.05, 0) is 37.1 Å². The number of sulfonamides is 1. The molecular formula is C20H25N3O5S. The van der Waals surface area contributed by atoms with Gasteiger partial charge in [-0.2, -0.15) is 4.31 Å². The third kappa shape index (κ3) is 4.86. The molecule has 2 heterocycles. The molecule has 1 aliphatic rings. The Bertz CT molecular complexity index is 978. The van der Waals surface area contributed by atoms with E-state index in [4.69, 9.17) is 4.42 Å². The molecule has 8 nitrogen and oxygen atoms in total. The van der Waals surface area contributed by atoms with Gasteiger partial charge in [0, 0.05) is 39.1 Å². The summed E-state index contributed by atoms with van der Waals surface area (Å²) in [6.07, 6.45) is 2.91. The summed E-state index contributed by atoms with van der Waals surface area (Å²) >= 11 is 0. The molecule has 1 saturated heterocycles. The molecule has 1 N–H and O–H groups in total. The summed E-state index contributed by atoms with van der Waals surface area (Å²) in [7, 11) is -3.59. The molecule has 1 aliphatic heterocycles. The molecule has 2 amide bonds. The molecule has 0 unspecified atom stereocenters. The molecule has 0 spiro atoms. The monoisotopic (exact) mass is 419 g/mol. The van der Waals surface area contributed by atoms with Gasteiger partial charge in [0.25, 0.3) is 5.91 Å². The lowest BCUT2D eigenvalue weighted by Crippen LogP contribution is -2.51. The molecule has 156 valence electrons. The molecular weight excluding hydrogens is 394 g/mol. The summed E-state index contributed by atoms with van der Waals surface area (Å²) in [5.41, 5.74) is 2.01. The number of hydrogen-bond acceptors (Lipinski definition) is 5. The number of amides is 2. The third-order valence-corrected chi connectivity index (χ3v) is 7.00. The van der Waals surface area contributed by atoms with E-state index in [0.717, 1.165) is 5.56 Å². The van der Waals surface area contributed by atoms with Gasteiger partial charge in [0.2, 0.25) is 15.9 Å². The Morgan fingerprint density at radius 1 is 1.10 bits per heavy atom. The Hall–Kier alpha value is -2.65. The van der Waals surface area contributed by atoms with E-state index >= 15 is 0 Å². The van der Waals surface area contributed by atoms with Crippen molar-refractivity contribution in [1.82, 2.24) is 14.5 Å². The van der Waals surface area contributed by atoms with Crippen LogP contribution < -0.4 is 5.32 Å². The van der Waals surface area contributed by atoms with Crippen LogP contribution in [0.4, 0.5) is 0 Å². The second-order valence-electron chi connectivity index (χ2n) is 7.07. The highest BCUT2D eigenvalue weighted by molar-refractivity contribution is 7.89. The van der Waals surface area contributed by atoms with Gasteiger partial charge in [-0.25, -0.2) is 8.42 Å². The zero-order valence-corrected chi connectivity index (χ0v) is 17.4. The van der Waals surface area contributed by atoms with E-state index in [1.54, 1.807) is 30.0 Å². The molecule has 0 saturated carbocycles. The summed E-state index contributed by atoms with van der Waals surface area (Å²) < 4.78 is 32.2. The zero-order chi connectivity index (χ0) is 21.0. The van der Waals surface area contributed by atoms with E-state index < -0.39 is 10.0 Å². The number of piperazine rings is 1. The molecule has 2 aromatic rings. The van der Waals surface area contributed by atoms with E-state index in [9.17, 15) is 18.0 Å². The second kappa shape index (κ2) is 8.79. The summed E-state index contributed by atoms with van der Waals surface area (Å²) in [6, 6.07) is 6.92. The number of hydrogen-bond donors (Lipinski definition) is 1. The van der Waals surface area contributed by atoms with Crippen molar-refractivity contribution >= 4 is 21.8 Å². The van der Waals surface area contributed by atoms with Crippen LogP contribution >= 0.6 is 0 Å². The second-order valence-corrected chi connectivity index (χ2v) is 8.98. The van der Waals surface area contributed by atoms with E-state index in [2.05, 4.69) is 5.32 Å². The highest BCUT2D eigenvalue weighted by atomic mass is 32.2. The van der Waals surface area contributed by atoms with Crippen molar-refractivity contribution in [1.29, 1.82) is 0 Å². The maximum Gasteiger partial charge on any atom is 0.254 e. The highest BCUT2D eigenvalue weighted by Gasteiger charge is 2.31. The van der Waals surface area contributed by atoms with Crippen molar-refractivity contribution in [2.24, 2.45) is 0 Å². The number of benzene rings is 1. The summed E-state index contributed by atoms with van der Waals surface area (Å²) in [5.74, 6) is -0.405. The Labute approximate surface area is 170 Å². The first-order valence-corrected chi connectivity index (χ1v) is 10.9. The minimum Gasteiger partial charge on any atom is -0.472 e. The Kier molecular flexibility index (Phi) is 6.39. The minimum atomic E-state index is -3.59. The summed E-state index contributed by atoms with van der Waals surface area (Å²) in [4.78, 5) is 26.2.